The Morgan fingerprint density at radius 2 is 2.25 bits per heavy atom. The average Bonchev–Trinajstić information content (AvgIpc) is 3.02. The van der Waals surface area contributed by atoms with Crippen molar-refractivity contribution in [3.63, 3.8) is 0 Å². The fourth-order valence-corrected chi connectivity index (χ4v) is 3.94. The largest absolute Gasteiger partial charge is 0.329 e. The van der Waals surface area contributed by atoms with E-state index in [1.54, 1.807) is 0 Å². The molecule has 0 radical (unpaired) electrons. The molecular formula is C14H19N3O2S. The van der Waals surface area contributed by atoms with Crippen LogP contribution < -0.4 is 5.32 Å². The van der Waals surface area contributed by atoms with E-state index in [2.05, 4.69) is 28.6 Å². The molecule has 1 N–H and O–H groups in total. The van der Waals surface area contributed by atoms with E-state index in [4.69, 9.17) is 0 Å². The molecular weight excluding hydrogens is 274 g/mol. The Kier molecular flexibility index (Phi) is 3.76. The van der Waals surface area contributed by atoms with Crippen molar-refractivity contribution in [3.05, 3.63) is 21.9 Å². The smallest absolute Gasteiger partial charge is 0.324 e. The summed E-state index contributed by atoms with van der Waals surface area (Å²) in [5, 5.41) is 4.72. The van der Waals surface area contributed by atoms with Crippen LogP contribution >= 0.6 is 11.3 Å². The SMILES string of the molecule is C[C@H]1c2ccsc2CCN1CCCN1C(=O)CNC1=O. The third-order valence-corrected chi connectivity index (χ3v) is 5.16. The van der Waals surface area contributed by atoms with Crippen LogP contribution in [0.2, 0.25) is 0 Å². The molecule has 1 atom stereocenters. The monoisotopic (exact) mass is 293 g/mol. The van der Waals surface area contributed by atoms with Crippen molar-refractivity contribution in [2.45, 2.75) is 25.8 Å². The predicted molar refractivity (Wildman–Crippen MR) is 77.7 cm³/mol. The predicted octanol–water partition coefficient (Wildman–Crippen LogP) is 1.61. The summed E-state index contributed by atoms with van der Waals surface area (Å²) in [5.74, 6) is -0.109. The number of thiophene rings is 1. The minimum atomic E-state index is -0.248. The van der Waals surface area contributed by atoms with Crippen molar-refractivity contribution in [2.75, 3.05) is 26.2 Å². The van der Waals surface area contributed by atoms with Crippen molar-refractivity contribution in [1.29, 1.82) is 0 Å². The van der Waals surface area contributed by atoms with Gasteiger partial charge in [-0.15, -0.1) is 11.3 Å². The van der Waals surface area contributed by atoms with Crippen LogP contribution in [-0.4, -0.2) is 47.9 Å². The summed E-state index contributed by atoms with van der Waals surface area (Å²) in [6.45, 7) is 4.89. The lowest BCUT2D eigenvalue weighted by Gasteiger charge is -2.33. The maximum atomic E-state index is 11.5. The van der Waals surface area contributed by atoms with Gasteiger partial charge in [0, 0.05) is 30.6 Å². The van der Waals surface area contributed by atoms with Gasteiger partial charge in [0.2, 0.25) is 5.91 Å². The van der Waals surface area contributed by atoms with Crippen LogP contribution in [0.15, 0.2) is 11.4 Å². The van der Waals surface area contributed by atoms with E-state index in [-0.39, 0.29) is 18.5 Å². The molecule has 0 aromatic carbocycles. The first-order valence-electron chi connectivity index (χ1n) is 7.05. The molecule has 1 aromatic heterocycles. The lowest BCUT2D eigenvalue weighted by molar-refractivity contribution is -0.125. The van der Waals surface area contributed by atoms with Gasteiger partial charge in [-0.3, -0.25) is 14.6 Å². The Labute approximate surface area is 122 Å². The number of carbonyl (C=O) groups is 2. The molecule has 2 aliphatic rings. The van der Waals surface area contributed by atoms with E-state index in [1.807, 2.05) is 11.3 Å². The number of imide groups is 1. The van der Waals surface area contributed by atoms with E-state index >= 15 is 0 Å². The number of fused-ring (bicyclic) bond motifs is 1. The van der Waals surface area contributed by atoms with Gasteiger partial charge in [0.05, 0.1) is 6.54 Å². The molecule has 1 fully saturated rings. The lowest BCUT2D eigenvalue weighted by Crippen LogP contribution is -2.37. The van der Waals surface area contributed by atoms with Gasteiger partial charge in [-0.25, -0.2) is 4.79 Å². The molecule has 20 heavy (non-hydrogen) atoms. The summed E-state index contributed by atoms with van der Waals surface area (Å²) >= 11 is 1.84. The molecule has 0 spiro atoms. The first kappa shape index (κ1) is 13.6. The molecule has 0 bridgehead atoms. The number of hydrogen-bond donors (Lipinski definition) is 1. The molecule has 0 saturated carbocycles. The Balaban J connectivity index is 1.52. The summed E-state index contributed by atoms with van der Waals surface area (Å²) in [6.07, 6.45) is 1.95. The van der Waals surface area contributed by atoms with Gasteiger partial charge in [0.1, 0.15) is 0 Å². The Bertz CT molecular complexity index is 512. The van der Waals surface area contributed by atoms with E-state index in [0.717, 1.165) is 25.9 Å². The van der Waals surface area contributed by atoms with Crippen LogP contribution in [-0.2, 0) is 11.2 Å². The van der Waals surface area contributed by atoms with E-state index in [1.165, 1.54) is 15.3 Å². The van der Waals surface area contributed by atoms with Crippen LogP contribution in [0, 0.1) is 0 Å². The maximum Gasteiger partial charge on any atom is 0.324 e. The minimum Gasteiger partial charge on any atom is -0.329 e. The van der Waals surface area contributed by atoms with Crippen LogP contribution in [0.25, 0.3) is 0 Å². The van der Waals surface area contributed by atoms with Crippen molar-refractivity contribution in [3.8, 4) is 0 Å². The highest BCUT2D eigenvalue weighted by Crippen LogP contribution is 2.32. The summed E-state index contributed by atoms with van der Waals surface area (Å²) in [5.41, 5.74) is 1.44. The number of hydrogen-bond acceptors (Lipinski definition) is 4. The van der Waals surface area contributed by atoms with Gasteiger partial charge in [0.25, 0.3) is 0 Å². The highest BCUT2D eigenvalue weighted by molar-refractivity contribution is 7.10. The number of nitrogens with one attached hydrogen (secondary N) is 1. The topological polar surface area (TPSA) is 52.6 Å². The number of amides is 3. The minimum absolute atomic E-state index is 0.109. The van der Waals surface area contributed by atoms with E-state index in [9.17, 15) is 9.59 Å². The molecule has 3 heterocycles. The van der Waals surface area contributed by atoms with Crippen LogP contribution in [0.4, 0.5) is 4.79 Å². The first-order chi connectivity index (χ1) is 9.66. The van der Waals surface area contributed by atoms with E-state index < -0.39 is 0 Å². The zero-order valence-corrected chi connectivity index (χ0v) is 12.4. The third-order valence-electron chi connectivity index (χ3n) is 4.17. The van der Waals surface area contributed by atoms with Gasteiger partial charge in [-0.05, 0) is 36.8 Å². The summed E-state index contributed by atoms with van der Waals surface area (Å²) < 4.78 is 0. The van der Waals surface area contributed by atoms with Gasteiger partial charge in [-0.1, -0.05) is 0 Å². The van der Waals surface area contributed by atoms with E-state index in [0.29, 0.717) is 12.6 Å². The molecule has 0 aliphatic carbocycles. The molecule has 1 saturated heterocycles. The number of nitrogens with zero attached hydrogens (tertiary/aromatic N) is 2. The molecule has 5 nitrogen and oxygen atoms in total. The highest BCUT2D eigenvalue weighted by Gasteiger charge is 2.29. The second-order valence-corrected chi connectivity index (χ2v) is 6.32. The first-order valence-corrected chi connectivity index (χ1v) is 7.93. The zero-order chi connectivity index (χ0) is 14.1. The van der Waals surface area contributed by atoms with Gasteiger partial charge in [-0.2, -0.15) is 0 Å². The summed E-state index contributed by atoms with van der Waals surface area (Å²) in [6, 6.07) is 2.41. The lowest BCUT2D eigenvalue weighted by atomic mass is 10.0. The standard InChI is InChI=1S/C14H19N3O2S/c1-10-11-4-8-20-12(11)3-7-16(10)5-2-6-17-13(18)9-15-14(17)19/h4,8,10H,2-3,5-7,9H2,1H3,(H,15,19)/t10-/m0/s1. The molecule has 3 rings (SSSR count). The molecule has 0 unspecified atom stereocenters. The van der Waals surface area contributed by atoms with Gasteiger partial charge < -0.3 is 5.32 Å². The molecule has 1 aromatic rings. The number of rotatable bonds is 4. The normalized spacial score (nSPS) is 23.1. The average molecular weight is 293 g/mol. The van der Waals surface area contributed by atoms with Crippen molar-refractivity contribution in [2.24, 2.45) is 0 Å². The maximum absolute atomic E-state index is 11.5. The Morgan fingerprint density at radius 3 is 3.00 bits per heavy atom. The van der Waals surface area contributed by atoms with Crippen LogP contribution in [0.1, 0.15) is 29.8 Å². The van der Waals surface area contributed by atoms with Crippen molar-refractivity contribution in [1.82, 2.24) is 15.1 Å². The molecule has 2 aliphatic heterocycles. The summed E-state index contributed by atoms with van der Waals surface area (Å²) in [4.78, 5) is 28.2. The van der Waals surface area contributed by atoms with Crippen molar-refractivity contribution < 1.29 is 9.59 Å². The van der Waals surface area contributed by atoms with Crippen LogP contribution in [0.3, 0.4) is 0 Å². The fraction of sp³-hybridized carbons (Fsp3) is 0.571. The fourth-order valence-electron chi connectivity index (χ4n) is 2.98. The zero-order valence-electron chi connectivity index (χ0n) is 11.6. The van der Waals surface area contributed by atoms with Crippen LogP contribution in [0.5, 0.6) is 0 Å². The number of urea groups is 1. The quantitative estimate of drug-likeness (QED) is 0.858. The Morgan fingerprint density at radius 1 is 1.40 bits per heavy atom. The second-order valence-electron chi connectivity index (χ2n) is 5.32. The Hall–Kier alpha value is -1.40. The molecule has 6 heteroatoms. The number of carbonyl (C=O) groups excluding carboxylic acids is 2. The molecule has 3 amide bonds. The van der Waals surface area contributed by atoms with Crippen molar-refractivity contribution >= 4 is 23.3 Å². The second kappa shape index (κ2) is 5.54. The summed E-state index contributed by atoms with van der Waals surface area (Å²) in [7, 11) is 0. The van der Waals surface area contributed by atoms with Gasteiger partial charge >= 0.3 is 6.03 Å². The molecule has 108 valence electrons. The highest BCUT2D eigenvalue weighted by atomic mass is 32.1. The third kappa shape index (κ3) is 2.45. The van der Waals surface area contributed by atoms with Gasteiger partial charge in [0.15, 0.2) is 0 Å².